The summed E-state index contributed by atoms with van der Waals surface area (Å²) in [6.45, 7) is 1.96. The number of aromatic amines is 1. The molecule has 0 spiro atoms. The van der Waals surface area contributed by atoms with Gasteiger partial charge < -0.3 is 10.4 Å². The number of amides is 1. The molecule has 0 saturated carbocycles. The number of nitrogens with zero attached hydrogens (tertiary/aromatic N) is 3. The highest BCUT2D eigenvalue weighted by atomic mass is 16.3. The van der Waals surface area contributed by atoms with Gasteiger partial charge in [-0.25, -0.2) is 0 Å². The van der Waals surface area contributed by atoms with Crippen LogP contribution in [0.5, 0.6) is 5.75 Å². The summed E-state index contributed by atoms with van der Waals surface area (Å²) in [7, 11) is 0. The first-order valence-corrected chi connectivity index (χ1v) is 4.97. The molecule has 0 aliphatic heterocycles. The van der Waals surface area contributed by atoms with Crippen LogP contribution < -0.4 is 5.32 Å². The average molecular weight is 233 g/mol. The van der Waals surface area contributed by atoms with Crippen molar-refractivity contribution in [1.82, 2.24) is 25.9 Å². The molecule has 1 aromatic carbocycles. The smallest absolute Gasteiger partial charge is 0.251 e. The van der Waals surface area contributed by atoms with E-state index in [-0.39, 0.29) is 18.2 Å². The molecule has 17 heavy (non-hydrogen) atoms. The van der Waals surface area contributed by atoms with Crippen molar-refractivity contribution in [2.24, 2.45) is 0 Å². The van der Waals surface area contributed by atoms with E-state index in [1.165, 1.54) is 12.1 Å². The number of aromatic nitrogens is 4. The molecule has 1 amide bonds. The van der Waals surface area contributed by atoms with E-state index in [9.17, 15) is 9.90 Å². The van der Waals surface area contributed by atoms with Crippen molar-refractivity contribution < 1.29 is 9.90 Å². The standard InChI is InChI=1S/C10H11N5O2/c1-6-4-7(16)2-3-8(6)10(17)11-5-9-12-14-15-13-9/h2-4,16H,5H2,1H3,(H,11,17)(H,12,13,14,15). The zero-order valence-electron chi connectivity index (χ0n) is 9.14. The number of phenols is 1. The van der Waals surface area contributed by atoms with Crippen molar-refractivity contribution in [1.29, 1.82) is 0 Å². The number of aryl methyl sites for hydroxylation is 1. The third kappa shape index (κ3) is 2.57. The summed E-state index contributed by atoms with van der Waals surface area (Å²) in [4.78, 5) is 11.8. The molecule has 1 aromatic heterocycles. The molecule has 0 unspecified atom stereocenters. The molecule has 0 fully saturated rings. The Balaban J connectivity index is 2.04. The van der Waals surface area contributed by atoms with Crippen molar-refractivity contribution in [2.75, 3.05) is 0 Å². The minimum atomic E-state index is -0.243. The summed E-state index contributed by atoms with van der Waals surface area (Å²) in [6.07, 6.45) is 0. The number of nitrogens with one attached hydrogen (secondary N) is 2. The molecule has 0 aliphatic carbocycles. The summed E-state index contributed by atoms with van der Waals surface area (Å²) >= 11 is 0. The Bertz CT molecular complexity index is 523. The van der Waals surface area contributed by atoms with Gasteiger partial charge in [0.05, 0.1) is 6.54 Å². The predicted octanol–water partition coefficient (Wildman–Crippen LogP) is 0.144. The van der Waals surface area contributed by atoms with Crippen LogP contribution in [0.3, 0.4) is 0 Å². The molecule has 7 nitrogen and oxygen atoms in total. The number of carbonyl (C=O) groups excluding carboxylic acids is 1. The van der Waals surface area contributed by atoms with Crippen LogP contribution in [0.2, 0.25) is 0 Å². The van der Waals surface area contributed by atoms with Gasteiger partial charge in [-0.05, 0) is 30.7 Å². The van der Waals surface area contributed by atoms with Gasteiger partial charge in [0.1, 0.15) is 5.75 Å². The van der Waals surface area contributed by atoms with E-state index in [4.69, 9.17) is 0 Å². The van der Waals surface area contributed by atoms with Gasteiger partial charge in [0.2, 0.25) is 0 Å². The van der Waals surface area contributed by atoms with Crippen LogP contribution in [0.4, 0.5) is 0 Å². The number of carbonyl (C=O) groups is 1. The van der Waals surface area contributed by atoms with Crippen LogP contribution in [0, 0.1) is 6.92 Å². The van der Waals surface area contributed by atoms with Crippen molar-refractivity contribution in [2.45, 2.75) is 13.5 Å². The topological polar surface area (TPSA) is 104 Å². The molecular formula is C10H11N5O2. The van der Waals surface area contributed by atoms with Gasteiger partial charge in [-0.1, -0.05) is 5.21 Å². The van der Waals surface area contributed by atoms with Crippen LogP contribution in [-0.4, -0.2) is 31.6 Å². The number of hydrogen-bond donors (Lipinski definition) is 3. The van der Waals surface area contributed by atoms with Gasteiger partial charge in [-0.15, -0.1) is 10.2 Å². The minimum Gasteiger partial charge on any atom is -0.508 e. The number of phenolic OH excluding ortho intramolecular Hbond substituents is 1. The van der Waals surface area contributed by atoms with E-state index in [0.717, 1.165) is 0 Å². The number of aromatic hydroxyl groups is 1. The molecule has 1 heterocycles. The molecule has 2 aromatic rings. The number of tetrazole rings is 1. The van der Waals surface area contributed by atoms with Gasteiger partial charge in [-0.3, -0.25) is 4.79 Å². The van der Waals surface area contributed by atoms with Gasteiger partial charge in [0.15, 0.2) is 5.82 Å². The largest absolute Gasteiger partial charge is 0.508 e. The Kier molecular flexibility index (Phi) is 2.99. The number of benzene rings is 1. The predicted molar refractivity (Wildman–Crippen MR) is 58.2 cm³/mol. The molecule has 0 aliphatic rings. The fourth-order valence-corrected chi connectivity index (χ4v) is 1.41. The second kappa shape index (κ2) is 4.60. The second-order valence-corrected chi connectivity index (χ2v) is 3.51. The number of rotatable bonds is 3. The SMILES string of the molecule is Cc1cc(O)ccc1C(=O)NCc1nn[nH]n1. The Morgan fingerprint density at radius 1 is 1.53 bits per heavy atom. The van der Waals surface area contributed by atoms with Crippen molar-refractivity contribution in [3.63, 3.8) is 0 Å². The van der Waals surface area contributed by atoms with Crippen molar-refractivity contribution >= 4 is 5.91 Å². The highest BCUT2D eigenvalue weighted by Crippen LogP contribution is 2.15. The van der Waals surface area contributed by atoms with Crippen LogP contribution in [0.15, 0.2) is 18.2 Å². The van der Waals surface area contributed by atoms with E-state index in [1.807, 2.05) is 0 Å². The van der Waals surface area contributed by atoms with Crippen LogP contribution in [-0.2, 0) is 6.54 Å². The lowest BCUT2D eigenvalue weighted by molar-refractivity contribution is 0.0949. The van der Waals surface area contributed by atoms with Crippen molar-refractivity contribution in [3.8, 4) is 5.75 Å². The molecular weight excluding hydrogens is 222 g/mol. The molecule has 0 saturated heterocycles. The van der Waals surface area contributed by atoms with Gasteiger partial charge in [0, 0.05) is 5.56 Å². The Hall–Kier alpha value is -2.44. The summed E-state index contributed by atoms with van der Waals surface area (Å²) in [5, 5.41) is 25.0. The molecule has 2 rings (SSSR count). The summed E-state index contributed by atoms with van der Waals surface area (Å²) in [6, 6.07) is 4.57. The lowest BCUT2D eigenvalue weighted by Gasteiger charge is -2.06. The van der Waals surface area contributed by atoms with E-state index in [1.54, 1.807) is 13.0 Å². The maximum absolute atomic E-state index is 11.8. The summed E-state index contributed by atoms with van der Waals surface area (Å²) < 4.78 is 0. The quantitative estimate of drug-likeness (QED) is 0.699. The monoisotopic (exact) mass is 233 g/mol. The van der Waals surface area contributed by atoms with Crippen LogP contribution in [0.25, 0.3) is 0 Å². The molecule has 3 N–H and O–H groups in total. The van der Waals surface area contributed by atoms with Gasteiger partial charge in [-0.2, -0.15) is 5.21 Å². The zero-order valence-corrected chi connectivity index (χ0v) is 9.14. The van der Waals surface area contributed by atoms with Gasteiger partial charge in [0.25, 0.3) is 5.91 Å². The summed E-state index contributed by atoms with van der Waals surface area (Å²) in [5.74, 6) is 0.305. The first-order valence-electron chi connectivity index (χ1n) is 4.97. The Morgan fingerprint density at radius 2 is 2.35 bits per heavy atom. The normalized spacial score (nSPS) is 10.2. The zero-order chi connectivity index (χ0) is 12.3. The fraction of sp³-hybridized carbons (Fsp3) is 0.200. The van der Waals surface area contributed by atoms with Crippen LogP contribution in [0.1, 0.15) is 21.7 Å². The fourth-order valence-electron chi connectivity index (χ4n) is 1.41. The Morgan fingerprint density at radius 3 is 3.00 bits per heavy atom. The molecule has 0 bridgehead atoms. The maximum Gasteiger partial charge on any atom is 0.251 e. The lowest BCUT2D eigenvalue weighted by Crippen LogP contribution is -2.24. The van der Waals surface area contributed by atoms with Gasteiger partial charge >= 0.3 is 0 Å². The van der Waals surface area contributed by atoms with E-state index in [2.05, 4.69) is 25.9 Å². The third-order valence-electron chi connectivity index (χ3n) is 2.25. The minimum absolute atomic E-state index is 0.136. The first-order chi connectivity index (χ1) is 8.16. The number of hydrogen-bond acceptors (Lipinski definition) is 5. The van der Waals surface area contributed by atoms with E-state index in [0.29, 0.717) is 17.0 Å². The molecule has 7 heteroatoms. The van der Waals surface area contributed by atoms with Crippen LogP contribution >= 0.6 is 0 Å². The molecule has 0 atom stereocenters. The Labute approximate surface area is 96.9 Å². The maximum atomic E-state index is 11.8. The van der Waals surface area contributed by atoms with Crippen molar-refractivity contribution in [3.05, 3.63) is 35.2 Å². The highest BCUT2D eigenvalue weighted by Gasteiger charge is 2.09. The molecule has 0 radical (unpaired) electrons. The van der Waals surface area contributed by atoms with E-state index >= 15 is 0 Å². The number of H-pyrrole nitrogens is 1. The highest BCUT2D eigenvalue weighted by molar-refractivity contribution is 5.95. The van der Waals surface area contributed by atoms with E-state index < -0.39 is 0 Å². The first kappa shape index (κ1) is 11.1. The average Bonchev–Trinajstić information content (AvgIpc) is 2.78. The second-order valence-electron chi connectivity index (χ2n) is 3.51. The molecule has 88 valence electrons. The lowest BCUT2D eigenvalue weighted by atomic mass is 10.1. The third-order valence-corrected chi connectivity index (χ3v) is 2.25. The summed E-state index contributed by atoms with van der Waals surface area (Å²) in [5.41, 5.74) is 1.21.